The highest BCUT2D eigenvalue weighted by Crippen LogP contribution is 2.45. The van der Waals surface area contributed by atoms with Gasteiger partial charge in [0.1, 0.15) is 30.8 Å². The molecule has 0 saturated heterocycles. The van der Waals surface area contributed by atoms with Gasteiger partial charge < -0.3 is 29.5 Å². The zero-order valence-corrected chi connectivity index (χ0v) is 20.2. The largest absolute Gasteiger partial charge is 0.504 e. The average molecular weight is 497 g/mol. The van der Waals surface area contributed by atoms with Crippen molar-refractivity contribution in [1.29, 1.82) is 0 Å². The number of aliphatic hydroxyl groups excluding tert-OH is 2. The van der Waals surface area contributed by atoms with Gasteiger partial charge in [-0.15, -0.1) is 0 Å². The van der Waals surface area contributed by atoms with E-state index in [4.69, 9.17) is 24.4 Å². The van der Waals surface area contributed by atoms with Crippen LogP contribution in [0.1, 0.15) is 17.2 Å². The van der Waals surface area contributed by atoms with Gasteiger partial charge >= 0.3 is 0 Å². The lowest BCUT2D eigenvalue weighted by Crippen LogP contribution is -2.11. The molecule has 5 aromatic carbocycles. The summed E-state index contributed by atoms with van der Waals surface area (Å²) in [4.78, 5) is 0. The summed E-state index contributed by atoms with van der Waals surface area (Å²) in [6, 6.07) is 30.6. The molecule has 0 radical (unpaired) electrons. The Morgan fingerprint density at radius 1 is 0.541 bits per heavy atom. The van der Waals surface area contributed by atoms with E-state index in [1.807, 2.05) is 97.1 Å². The van der Waals surface area contributed by atoms with Crippen molar-refractivity contribution in [2.45, 2.75) is 6.10 Å². The van der Waals surface area contributed by atoms with E-state index in [1.54, 1.807) is 0 Å². The molecule has 37 heavy (non-hydrogen) atoms. The number of aliphatic hydroxyl groups is 2. The van der Waals surface area contributed by atoms with E-state index in [0.717, 1.165) is 32.7 Å². The molecule has 0 amide bonds. The van der Waals surface area contributed by atoms with Crippen molar-refractivity contribution < 1.29 is 29.5 Å². The maximum Gasteiger partial charge on any atom is 0.170 e. The van der Waals surface area contributed by atoms with Gasteiger partial charge in [-0.2, -0.15) is 0 Å². The molecule has 0 atom stereocenters. The second-order valence-corrected chi connectivity index (χ2v) is 8.55. The summed E-state index contributed by atoms with van der Waals surface area (Å²) in [5.41, 5.74) is 1.72. The molecule has 0 fully saturated rings. The minimum Gasteiger partial charge on any atom is -0.504 e. The number of phenolic OH excluding ortho intramolecular Hbond substituents is 1. The third-order valence-electron chi connectivity index (χ3n) is 6.18. The topological polar surface area (TPSA) is 88.4 Å². The molecule has 6 heteroatoms. The van der Waals surface area contributed by atoms with Crippen LogP contribution in [0.2, 0.25) is 0 Å². The highest BCUT2D eigenvalue weighted by Gasteiger charge is 2.22. The predicted octanol–water partition coefficient (Wildman–Crippen LogP) is 5.61. The van der Waals surface area contributed by atoms with E-state index in [1.165, 1.54) is 0 Å². The highest BCUT2D eigenvalue weighted by molar-refractivity contribution is 6.13. The number of benzene rings is 5. The van der Waals surface area contributed by atoms with Crippen LogP contribution in [0, 0.1) is 0 Å². The van der Waals surface area contributed by atoms with Gasteiger partial charge in [-0.05, 0) is 46.2 Å². The van der Waals surface area contributed by atoms with Crippen LogP contribution < -0.4 is 14.2 Å². The Morgan fingerprint density at radius 3 is 1.46 bits per heavy atom. The van der Waals surface area contributed by atoms with Gasteiger partial charge in [-0.3, -0.25) is 0 Å². The highest BCUT2D eigenvalue weighted by atomic mass is 16.5. The van der Waals surface area contributed by atoms with Crippen molar-refractivity contribution >= 4 is 21.5 Å². The minimum atomic E-state index is -0.547. The van der Waals surface area contributed by atoms with Crippen LogP contribution in [0.4, 0.5) is 0 Å². The first-order valence-electron chi connectivity index (χ1n) is 12.2. The zero-order valence-electron chi connectivity index (χ0n) is 20.2. The first-order valence-corrected chi connectivity index (χ1v) is 12.2. The Labute approximate surface area is 214 Å². The molecule has 0 aliphatic heterocycles. The van der Waals surface area contributed by atoms with Crippen LogP contribution in [-0.2, 0) is 0 Å². The van der Waals surface area contributed by atoms with Crippen molar-refractivity contribution in [3.63, 3.8) is 0 Å². The van der Waals surface area contributed by atoms with Crippen molar-refractivity contribution in [2.24, 2.45) is 0 Å². The van der Waals surface area contributed by atoms with E-state index < -0.39 is 6.10 Å². The van der Waals surface area contributed by atoms with Crippen molar-refractivity contribution in [3.8, 4) is 23.0 Å². The van der Waals surface area contributed by atoms with Crippen LogP contribution in [0.25, 0.3) is 21.5 Å². The predicted molar refractivity (Wildman–Crippen MR) is 144 cm³/mol. The van der Waals surface area contributed by atoms with Crippen molar-refractivity contribution in [3.05, 3.63) is 108 Å². The molecule has 0 spiro atoms. The summed E-state index contributed by atoms with van der Waals surface area (Å²) in [5.74, 6) is 1.78. The van der Waals surface area contributed by atoms with Gasteiger partial charge in [-0.1, -0.05) is 72.8 Å². The second-order valence-electron chi connectivity index (χ2n) is 8.55. The number of ether oxygens (including phenoxy) is 3. The molecule has 5 aromatic rings. The molecule has 0 heterocycles. The number of phenols is 1. The summed E-state index contributed by atoms with van der Waals surface area (Å²) < 4.78 is 17.7. The molecule has 0 aliphatic carbocycles. The Kier molecular flexibility index (Phi) is 7.40. The van der Waals surface area contributed by atoms with E-state index in [9.17, 15) is 5.11 Å². The number of hydrogen-bond donors (Lipinski definition) is 3. The molecule has 0 bridgehead atoms. The third kappa shape index (κ3) is 5.16. The molecular formula is C31H28O6. The van der Waals surface area contributed by atoms with Gasteiger partial charge in [0, 0.05) is 10.8 Å². The Bertz CT molecular complexity index is 1430. The smallest absolute Gasteiger partial charge is 0.170 e. The first-order chi connectivity index (χ1) is 18.2. The Balaban J connectivity index is 1.60. The molecule has 5 rings (SSSR count). The standard InChI is InChI=1S/C31H28O6/c32-17-19-35-23-13-9-21(10-14-23)30(22-11-15-24(16-12-22)36-20-18-33)37-31-28-8-4-2-6-26(28)25-5-1-3-7-27(25)29(31)34/h1-16,30,32-34H,17-20H2. The Hall–Kier alpha value is -4.26. The number of hydrogen-bond acceptors (Lipinski definition) is 6. The molecular weight excluding hydrogens is 468 g/mol. The number of aromatic hydroxyl groups is 1. The zero-order chi connectivity index (χ0) is 25.6. The molecule has 0 unspecified atom stereocenters. The van der Waals surface area contributed by atoms with Crippen LogP contribution >= 0.6 is 0 Å². The van der Waals surface area contributed by atoms with Crippen LogP contribution in [0.15, 0.2) is 97.1 Å². The third-order valence-corrected chi connectivity index (χ3v) is 6.18. The molecule has 3 N–H and O–H groups in total. The lowest BCUT2D eigenvalue weighted by molar-refractivity contribution is 0.201. The molecule has 0 saturated carbocycles. The maximum absolute atomic E-state index is 11.4. The van der Waals surface area contributed by atoms with Gasteiger partial charge in [0.2, 0.25) is 0 Å². The fourth-order valence-electron chi connectivity index (χ4n) is 4.46. The van der Waals surface area contributed by atoms with Gasteiger partial charge in [-0.25, -0.2) is 0 Å². The second kappa shape index (κ2) is 11.2. The summed E-state index contributed by atoms with van der Waals surface area (Å²) >= 11 is 0. The lowest BCUT2D eigenvalue weighted by Gasteiger charge is -2.23. The lowest BCUT2D eigenvalue weighted by atomic mass is 9.98. The SMILES string of the molecule is OCCOc1ccc(C(Oc2c(O)c3ccccc3c3ccccc23)c2ccc(OCCO)cc2)cc1. The number of rotatable bonds is 10. The van der Waals surface area contributed by atoms with Crippen LogP contribution in [0.5, 0.6) is 23.0 Å². The molecule has 6 nitrogen and oxygen atoms in total. The normalized spacial score (nSPS) is 11.2. The van der Waals surface area contributed by atoms with E-state index in [0.29, 0.717) is 17.2 Å². The molecule has 0 aromatic heterocycles. The Morgan fingerprint density at radius 2 is 0.973 bits per heavy atom. The fraction of sp³-hybridized carbons (Fsp3) is 0.161. The number of fused-ring (bicyclic) bond motifs is 3. The van der Waals surface area contributed by atoms with Gasteiger partial charge in [0.25, 0.3) is 0 Å². The van der Waals surface area contributed by atoms with E-state index >= 15 is 0 Å². The summed E-state index contributed by atoms with van der Waals surface area (Å²) in [7, 11) is 0. The monoisotopic (exact) mass is 496 g/mol. The van der Waals surface area contributed by atoms with Gasteiger partial charge in [0.05, 0.1) is 13.2 Å². The quantitative estimate of drug-likeness (QED) is 0.218. The molecule has 0 aliphatic rings. The summed E-state index contributed by atoms with van der Waals surface area (Å²) in [6.07, 6.45) is -0.547. The maximum atomic E-state index is 11.4. The summed E-state index contributed by atoms with van der Waals surface area (Å²) in [5, 5.41) is 32.9. The van der Waals surface area contributed by atoms with Crippen LogP contribution in [0.3, 0.4) is 0 Å². The molecule has 188 valence electrons. The van der Waals surface area contributed by atoms with Crippen LogP contribution in [-0.4, -0.2) is 41.7 Å². The fourth-order valence-corrected chi connectivity index (χ4v) is 4.46. The summed E-state index contributed by atoms with van der Waals surface area (Å²) in [6.45, 7) is 0.302. The van der Waals surface area contributed by atoms with Crippen molar-refractivity contribution in [2.75, 3.05) is 26.4 Å². The minimum absolute atomic E-state index is 0.0630. The van der Waals surface area contributed by atoms with E-state index in [-0.39, 0.29) is 32.2 Å². The average Bonchev–Trinajstić information content (AvgIpc) is 2.96. The van der Waals surface area contributed by atoms with Crippen molar-refractivity contribution in [1.82, 2.24) is 0 Å². The van der Waals surface area contributed by atoms with Gasteiger partial charge in [0.15, 0.2) is 11.5 Å². The first kappa shape index (κ1) is 24.4. The van der Waals surface area contributed by atoms with E-state index in [2.05, 4.69) is 0 Å².